The molecule has 0 unspecified atom stereocenters. The van der Waals surface area contributed by atoms with Gasteiger partial charge >= 0.3 is 12.0 Å². The minimum Gasteiger partial charge on any atom is -0.467 e. The summed E-state index contributed by atoms with van der Waals surface area (Å²) in [5.41, 5.74) is 0.956. The number of rotatable bonds is 12. The van der Waals surface area contributed by atoms with E-state index in [1.54, 1.807) is 30.2 Å². The molecule has 0 saturated heterocycles. The van der Waals surface area contributed by atoms with Crippen LogP contribution in [-0.4, -0.2) is 67.7 Å². The number of benzene rings is 1. The predicted octanol–water partition coefficient (Wildman–Crippen LogP) is 2.03. The minimum absolute atomic E-state index is 0.175. The highest BCUT2D eigenvalue weighted by atomic mass is 16.5. The largest absolute Gasteiger partial charge is 0.467 e. The van der Waals surface area contributed by atoms with Crippen molar-refractivity contribution in [2.75, 3.05) is 40.0 Å². The van der Waals surface area contributed by atoms with Crippen LogP contribution < -0.4 is 5.32 Å². The molecule has 9 nitrogen and oxygen atoms in total. The molecule has 2 aromatic rings. The molecule has 0 spiro atoms. The van der Waals surface area contributed by atoms with Gasteiger partial charge in [-0.1, -0.05) is 30.3 Å². The number of urea groups is 1. The Hall–Kier alpha value is -3.33. The molecule has 168 valence electrons. The third-order valence-electron chi connectivity index (χ3n) is 4.36. The Balaban J connectivity index is 2.07. The first kappa shape index (κ1) is 23.9. The molecule has 31 heavy (non-hydrogen) atoms. The zero-order valence-corrected chi connectivity index (χ0v) is 17.9. The third kappa shape index (κ3) is 8.51. The van der Waals surface area contributed by atoms with Crippen molar-refractivity contribution in [3.05, 3.63) is 60.1 Å². The quantitative estimate of drug-likeness (QED) is 0.516. The van der Waals surface area contributed by atoms with Crippen molar-refractivity contribution >= 4 is 17.9 Å². The number of methoxy groups -OCH3 is 1. The molecule has 0 saturated carbocycles. The van der Waals surface area contributed by atoms with Crippen LogP contribution in [0, 0.1) is 0 Å². The number of nitrogens with one attached hydrogen (secondary N) is 1. The lowest BCUT2D eigenvalue weighted by Gasteiger charge is -2.27. The van der Waals surface area contributed by atoms with Gasteiger partial charge in [0.25, 0.3) is 0 Å². The van der Waals surface area contributed by atoms with Gasteiger partial charge < -0.3 is 29.0 Å². The molecule has 3 amide bonds. The maximum Gasteiger partial charge on any atom is 0.325 e. The molecule has 0 aliphatic carbocycles. The molecule has 0 aliphatic heterocycles. The smallest absolute Gasteiger partial charge is 0.325 e. The standard InChI is InChI=1S/C22H29N3O6/c1-3-30-21(27)14-23-22(28)24(11-13-29-2)17-20(26)25(16-19-10-7-12-31-19)15-18-8-5-4-6-9-18/h4-10,12H,3,11,13-17H2,1-2H3,(H,23,28). The van der Waals surface area contributed by atoms with E-state index in [0.717, 1.165) is 5.56 Å². The molecule has 2 rings (SSSR count). The van der Waals surface area contributed by atoms with Gasteiger partial charge in [0, 0.05) is 20.2 Å². The molecule has 0 aliphatic rings. The van der Waals surface area contributed by atoms with E-state index in [4.69, 9.17) is 13.9 Å². The molecule has 1 N–H and O–H groups in total. The number of esters is 1. The molecule has 1 aromatic carbocycles. The second-order valence-corrected chi connectivity index (χ2v) is 6.69. The summed E-state index contributed by atoms with van der Waals surface area (Å²) in [4.78, 5) is 40.1. The van der Waals surface area contributed by atoms with Gasteiger partial charge in [-0.05, 0) is 24.6 Å². The van der Waals surface area contributed by atoms with Gasteiger partial charge in [0.15, 0.2) is 0 Å². The average molecular weight is 431 g/mol. The monoisotopic (exact) mass is 431 g/mol. The Morgan fingerprint density at radius 2 is 1.81 bits per heavy atom. The lowest BCUT2D eigenvalue weighted by Crippen LogP contribution is -2.48. The van der Waals surface area contributed by atoms with Crippen LogP contribution in [-0.2, 0) is 32.2 Å². The van der Waals surface area contributed by atoms with E-state index < -0.39 is 12.0 Å². The fraction of sp³-hybridized carbons (Fsp3) is 0.409. The molecule has 1 aromatic heterocycles. The van der Waals surface area contributed by atoms with Crippen molar-refractivity contribution < 1.29 is 28.3 Å². The molecular formula is C22H29N3O6. The summed E-state index contributed by atoms with van der Waals surface area (Å²) in [6.45, 7) is 2.53. The summed E-state index contributed by atoms with van der Waals surface area (Å²) in [5.74, 6) is -0.167. The number of furan rings is 1. The van der Waals surface area contributed by atoms with Crippen LogP contribution in [0.5, 0.6) is 0 Å². The molecule has 0 fully saturated rings. The molecular weight excluding hydrogens is 402 g/mol. The van der Waals surface area contributed by atoms with Gasteiger partial charge in [-0.15, -0.1) is 0 Å². The number of carbonyl (C=O) groups is 3. The predicted molar refractivity (Wildman–Crippen MR) is 113 cm³/mol. The lowest BCUT2D eigenvalue weighted by molar-refractivity contribution is -0.141. The summed E-state index contributed by atoms with van der Waals surface area (Å²) < 4.78 is 15.3. The Morgan fingerprint density at radius 1 is 1.03 bits per heavy atom. The second kappa shape index (κ2) is 13.1. The summed E-state index contributed by atoms with van der Waals surface area (Å²) >= 11 is 0. The fourth-order valence-corrected chi connectivity index (χ4v) is 2.82. The van der Waals surface area contributed by atoms with E-state index in [-0.39, 0.29) is 45.3 Å². The minimum atomic E-state index is -0.545. The van der Waals surface area contributed by atoms with Crippen LogP contribution >= 0.6 is 0 Å². The van der Waals surface area contributed by atoms with E-state index in [1.165, 1.54) is 12.0 Å². The molecule has 9 heteroatoms. The molecule has 0 atom stereocenters. The molecule has 0 radical (unpaired) electrons. The van der Waals surface area contributed by atoms with Gasteiger partial charge in [0.05, 0.1) is 26.0 Å². The highest BCUT2D eigenvalue weighted by Crippen LogP contribution is 2.11. The summed E-state index contributed by atoms with van der Waals surface area (Å²) in [5, 5.41) is 2.48. The van der Waals surface area contributed by atoms with Crippen molar-refractivity contribution in [1.29, 1.82) is 0 Å². The molecule has 0 bridgehead atoms. The third-order valence-corrected chi connectivity index (χ3v) is 4.36. The maximum absolute atomic E-state index is 13.1. The van der Waals surface area contributed by atoms with E-state index in [9.17, 15) is 14.4 Å². The average Bonchev–Trinajstić information content (AvgIpc) is 3.28. The number of ether oxygens (including phenoxy) is 2. The van der Waals surface area contributed by atoms with Crippen molar-refractivity contribution in [1.82, 2.24) is 15.1 Å². The van der Waals surface area contributed by atoms with E-state index in [2.05, 4.69) is 5.32 Å². The highest BCUT2D eigenvalue weighted by Gasteiger charge is 2.23. The van der Waals surface area contributed by atoms with E-state index in [1.807, 2.05) is 30.3 Å². The SMILES string of the molecule is CCOC(=O)CNC(=O)N(CCOC)CC(=O)N(Cc1ccccc1)Cc1ccco1. The fourth-order valence-electron chi connectivity index (χ4n) is 2.82. The summed E-state index contributed by atoms with van der Waals surface area (Å²) in [7, 11) is 1.51. The van der Waals surface area contributed by atoms with Crippen molar-refractivity contribution in [3.8, 4) is 0 Å². The van der Waals surface area contributed by atoms with Crippen LogP contribution in [0.1, 0.15) is 18.2 Å². The van der Waals surface area contributed by atoms with Gasteiger partial charge in [-0.25, -0.2) is 4.79 Å². The van der Waals surface area contributed by atoms with Gasteiger partial charge in [-0.3, -0.25) is 9.59 Å². The Kier molecular flexibility index (Phi) is 10.1. The topological polar surface area (TPSA) is 101 Å². The first-order chi connectivity index (χ1) is 15.0. The zero-order chi connectivity index (χ0) is 22.5. The van der Waals surface area contributed by atoms with Crippen LogP contribution in [0.25, 0.3) is 0 Å². The highest BCUT2D eigenvalue weighted by molar-refractivity contribution is 5.86. The second-order valence-electron chi connectivity index (χ2n) is 6.69. The Morgan fingerprint density at radius 3 is 2.45 bits per heavy atom. The van der Waals surface area contributed by atoms with Crippen LogP contribution in [0.2, 0.25) is 0 Å². The van der Waals surface area contributed by atoms with Crippen LogP contribution in [0.3, 0.4) is 0 Å². The number of carbonyl (C=O) groups excluding carboxylic acids is 3. The first-order valence-electron chi connectivity index (χ1n) is 10.0. The van der Waals surface area contributed by atoms with Gasteiger partial charge in [0.2, 0.25) is 5.91 Å². The Labute approximate surface area is 181 Å². The first-order valence-corrected chi connectivity index (χ1v) is 10.0. The molecule has 1 heterocycles. The van der Waals surface area contributed by atoms with Crippen molar-refractivity contribution in [2.24, 2.45) is 0 Å². The Bertz CT molecular complexity index is 810. The number of hydrogen-bond donors (Lipinski definition) is 1. The van der Waals surface area contributed by atoms with E-state index in [0.29, 0.717) is 12.3 Å². The van der Waals surface area contributed by atoms with Gasteiger partial charge in [0.1, 0.15) is 18.8 Å². The van der Waals surface area contributed by atoms with Crippen LogP contribution in [0.4, 0.5) is 4.79 Å². The van der Waals surface area contributed by atoms with Crippen molar-refractivity contribution in [3.63, 3.8) is 0 Å². The normalized spacial score (nSPS) is 10.4. The number of amides is 3. The number of nitrogens with zero attached hydrogens (tertiary/aromatic N) is 2. The lowest BCUT2D eigenvalue weighted by atomic mass is 10.2. The van der Waals surface area contributed by atoms with Crippen molar-refractivity contribution in [2.45, 2.75) is 20.0 Å². The van der Waals surface area contributed by atoms with Crippen LogP contribution in [0.15, 0.2) is 53.1 Å². The zero-order valence-electron chi connectivity index (χ0n) is 17.9. The summed E-state index contributed by atoms with van der Waals surface area (Å²) in [6, 6.07) is 12.6. The summed E-state index contributed by atoms with van der Waals surface area (Å²) in [6.07, 6.45) is 1.55. The maximum atomic E-state index is 13.1. The van der Waals surface area contributed by atoms with E-state index >= 15 is 0 Å². The van der Waals surface area contributed by atoms with Gasteiger partial charge in [-0.2, -0.15) is 0 Å². The number of hydrogen-bond acceptors (Lipinski definition) is 6.